The molecule has 3 nitrogen and oxygen atoms in total. The summed E-state index contributed by atoms with van der Waals surface area (Å²) in [5.74, 6) is 0. The highest BCUT2D eigenvalue weighted by Crippen LogP contribution is 2.18. The van der Waals surface area contributed by atoms with E-state index in [0.717, 1.165) is 13.0 Å². The number of pyridine rings is 1. The first-order chi connectivity index (χ1) is 6.75. The van der Waals surface area contributed by atoms with Gasteiger partial charge in [0.1, 0.15) is 0 Å². The number of nitrogens with two attached hydrogens (primary N) is 1. The maximum atomic E-state index is 5.93. The number of ether oxygens (including phenoxy) is 1. The Kier molecular flexibility index (Phi) is 4.87. The minimum atomic E-state index is -0.241. The predicted octanol–water partition coefficient (Wildman–Crippen LogP) is 2.16. The zero-order valence-corrected chi connectivity index (χ0v) is 9.00. The lowest BCUT2D eigenvalue weighted by Crippen LogP contribution is -2.19. The SMILES string of the molecule is CCCOCC(N)c1ncccc1Cl. The molecule has 0 spiro atoms. The second-order valence-electron chi connectivity index (χ2n) is 3.05. The van der Waals surface area contributed by atoms with E-state index in [0.29, 0.717) is 17.3 Å². The van der Waals surface area contributed by atoms with Crippen LogP contribution in [0.5, 0.6) is 0 Å². The number of halogens is 1. The molecule has 0 aliphatic rings. The van der Waals surface area contributed by atoms with E-state index in [1.807, 2.05) is 0 Å². The largest absolute Gasteiger partial charge is 0.379 e. The van der Waals surface area contributed by atoms with Crippen LogP contribution in [0.2, 0.25) is 5.02 Å². The first-order valence-electron chi connectivity index (χ1n) is 4.69. The summed E-state index contributed by atoms with van der Waals surface area (Å²) >= 11 is 5.93. The fourth-order valence-electron chi connectivity index (χ4n) is 1.10. The Bertz CT molecular complexity index is 281. The van der Waals surface area contributed by atoms with Gasteiger partial charge in [-0.25, -0.2) is 0 Å². The molecule has 1 aromatic heterocycles. The van der Waals surface area contributed by atoms with Gasteiger partial charge < -0.3 is 10.5 Å². The number of rotatable bonds is 5. The molecule has 14 heavy (non-hydrogen) atoms. The molecule has 0 aromatic carbocycles. The highest BCUT2D eigenvalue weighted by molar-refractivity contribution is 6.31. The molecule has 0 bridgehead atoms. The van der Waals surface area contributed by atoms with E-state index < -0.39 is 0 Å². The maximum Gasteiger partial charge on any atom is 0.0780 e. The van der Waals surface area contributed by atoms with Crippen LogP contribution in [0.3, 0.4) is 0 Å². The van der Waals surface area contributed by atoms with Crippen molar-refractivity contribution in [1.29, 1.82) is 0 Å². The fourth-order valence-corrected chi connectivity index (χ4v) is 1.37. The summed E-state index contributed by atoms with van der Waals surface area (Å²) in [4.78, 5) is 4.12. The molecule has 4 heteroatoms. The monoisotopic (exact) mass is 214 g/mol. The fraction of sp³-hybridized carbons (Fsp3) is 0.500. The molecule has 78 valence electrons. The second kappa shape index (κ2) is 5.96. The van der Waals surface area contributed by atoms with Crippen molar-refractivity contribution < 1.29 is 4.74 Å². The van der Waals surface area contributed by atoms with Gasteiger partial charge in [-0.2, -0.15) is 0 Å². The standard InChI is InChI=1S/C10H15ClN2O/c1-2-6-14-7-9(12)10-8(11)4-3-5-13-10/h3-5,9H,2,6-7,12H2,1H3. The number of hydrogen-bond acceptors (Lipinski definition) is 3. The number of hydrogen-bond donors (Lipinski definition) is 1. The van der Waals surface area contributed by atoms with Gasteiger partial charge in [0.25, 0.3) is 0 Å². The average Bonchev–Trinajstić information content (AvgIpc) is 2.18. The molecule has 0 radical (unpaired) electrons. The number of nitrogens with zero attached hydrogens (tertiary/aromatic N) is 1. The number of aromatic nitrogens is 1. The average molecular weight is 215 g/mol. The Labute approximate surface area is 89.2 Å². The van der Waals surface area contributed by atoms with Crippen LogP contribution in [0.15, 0.2) is 18.3 Å². The molecule has 0 saturated heterocycles. The summed E-state index contributed by atoms with van der Waals surface area (Å²) in [6.45, 7) is 3.24. The van der Waals surface area contributed by atoms with Crippen molar-refractivity contribution in [1.82, 2.24) is 4.98 Å². The Hall–Kier alpha value is -0.640. The molecule has 0 aliphatic heterocycles. The van der Waals surface area contributed by atoms with Crippen molar-refractivity contribution in [3.63, 3.8) is 0 Å². The van der Waals surface area contributed by atoms with E-state index in [1.165, 1.54) is 0 Å². The summed E-state index contributed by atoms with van der Waals surface area (Å²) in [6.07, 6.45) is 2.67. The first-order valence-corrected chi connectivity index (χ1v) is 5.07. The Morgan fingerprint density at radius 3 is 3.07 bits per heavy atom. The van der Waals surface area contributed by atoms with Crippen molar-refractivity contribution in [3.05, 3.63) is 29.0 Å². The van der Waals surface area contributed by atoms with Crippen LogP contribution in [0.25, 0.3) is 0 Å². The Morgan fingerprint density at radius 1 is 1.64 bits per heavy atom. The molecule has 1 unspecified atom stereocenters. The van der Waals surface area contributed by atoms with Crippen molar-refractivity contribution in [2.45, 2.75) is 19.4 Å². The summed E-state index contributed by atoms with van der Waals surface area (Å²) in [7, 11) is 0. The normalized spacial score (nSPS) is 12.8. The molecular weight excluding hydrogens is 200 g/mol. The van der Waals surface area contributed by atoms with E-state index in [1.54, 1.807) is 18.3 Å². The lowest BCUT2D eigenvalue weighted by atomic mass is 10.2. The van der Waals surface area contributed by atoms with Gasteiger partial charge >= 0.3 is 0 Å². The van der Waals surface area contributed by atoms with Crippen LogP contribution in [0.1, 0.15) is 25.1 Å². The van der Waals surface area contributed by atoms with Gasteiger partial charge in [-0.1, -0.05) is 18.5 Å². The molecule has 0 aliphatic carbocycles. The van der Waals surface area contributed by atoms with Crippen LogP contribution in [0, 0.1) is 0 Å². The summed E-state index contributed by atoms with van der Waals surface area (Å²) < 4.78 is 5.33. The van der Waals surface area contributed by atoms with Gasteiger partial charge in [-0.3, -0.25) is 4.98 Å². The quantitative estimate of drug-likeness (QED) is 0.765. The van der Waals surface area contributed by atoms with Gasteiger partial charge in [0.2, 0.25) is 0 Å². The third-order valence-electron chi connectivity index (χ3n) is 1.78. The van der Waals surface area contributed by atoms with Crippen LogP contribution >= 0.6 is 11.6 Å². The topological polar surface area (TPSA) is 48.1 Å². The van der Waals surface area contributed by atoms with E-state index >= 15 is 0 Å². The molecule has 0 amide bonds. The van der Waals surface area contributed by atoms with Gasteiger partial charge in [-0.15, -0.1) is 0 Å². The minimum Gasteiger partial charge on any atom is -0.379 e. The predicted molar refractivity (Wildman–Crippen MR) is 57.3 cm³/mol. The molecular formula is C10H15ClN2O. The zero-order valence-electron chi connectivity index (χ0n) is 8.24. The van der Waals surface area contributed by atoms with Crippen molar-refractivity contribution in [2.24, 2.45) is 5.73 Å². The summed E-state index contributed by atoms with van der Waals surface area (Å²) in [5, 5.41) is 0.597. The van der Waals surface area contributed by atoms with Gasteiger partial charge in [0.15, 0.2) is 0 Å². The van der Waals surface area contributed by atoms with Crippen LogP contribution in [-0.2, 0) is 4.74 Å². The molecule has 0 saturated carbocycles. The van der Waals surface area contributed by atoms with Gasteiger partial charge in [0, 0.05) is 12.8 Å². The summed E-state index contributed by atoms with van der Waals surface area (Å²) in [5.41, 5.74) is 6.56. The van der Waals surface area contributed by atoms with E-state index in [4.69, 9.17) is 22.1 Å². The maximum absolute atomic E-state index is 5.93. The van der Waals surface area contributed by atoms with Crippen molar-refractivity contribution in [2.75, 3.05) is 13.2 Å². The van der Waals surface area contributed by atoms with Crippen molar-refractivity contribution in [3.8, 4) is 0 Å². The molecule has 1 atom stereocenters. The third-order valence-corrected chi connectivity index (χ3v) is 2.10. The summed E-state index contributed by atoms with van der Waals surface area (Å²) in [6, 6.07) is 3.32. The zero-order chi connectivity index (χ0) is 10.4. The Balaban J connectivity index is 2.51. The second-order valence-corrected chi connectivity index (χ2v) is 3.46. The molecule has 1 heterocycles. The van der Waals surface area contributed by atoms with E-state index in [-0.39, 0.29) is 6.04 Å². The van der Waals surface area contributed by atoms with Crippen LogP contribution in [-0.4, -0.2) is 18.2 Å². The minimum absolute atomic E-state index is 0.241. The van der Waals surface area contributed by atoms with Gasteiger partial charge in [-0.05, 0) is 18.6 Å². The van der Waals surface area contributed by atoms with Gasteiger partial charge in [0.05, 0.1) is 23.4 Å². The smallest absolute Gasteiger partial charge is 0.0780 e. The Morgan fingerprint density at radius 2 is 2.43 bits per heavy atom. The lowest BCUT2D eigenvalue weighted by molar-refractivity contribution is 0.121. The molecule has 0 fully saturated rings. The van der Waals surface area contributed by atoms with E-state index in [9.17, 15) is 0 Å². The molecule has 2 N–H and O–H groups in total. The van der Waals surface area contributed by atoms with Crippen molar-refractivity contribution >= 4 is 11.6 Å². The highest BCUT2D eigenvalue weighted by Gasteiger charge is 2.10. The van der Waals surface area contributed by atoms with Crippen LogP contribution in [0.4, 0.5) is 0 Å². The highest BCUT2D eigenvalue weighted by atomic mass is 35.5. The molecule has 1 aromatic rings. The first kappa shape index (κ1) is 11.4. The third kappa shape index (κ3) is 3.25. The van der Waals surface area contributed by atoms with Crippen LogP contribution < -0.4 is 5.73 Å². The molecule has 1 rings (SSSR count). The lowest BCUT2D eigenvalue weighted by Gasteiger charge is -2.12. The van der Waals surface area contributed by atoms with E-state index in [2.05, 4.69) is 11.9 Å².